The van der Waals surface area contributed by atoms with E-state index >= 15 is 0 Å². The number of azide groups is 1. The zero-order valence-electron chi connectivity index (χ0n) is 7.71. The predicted molar refractivity (Wildman–Crippen MR) is 46.3 cm³/mol. The number of amides is 2. The Labute approximate surface area is 80.3 Å². The molecule has 7 nitrogen and oxygen atoms in total. The average Bonchev–Trinajstić information content (AvgIpc) is 2.51. The minimum atomic E-state index is -0.622. The standard InChI is InChI=1S/C7H10N4O3/c1-5(9-10-8)4-6(12)11-2-3-14-7(11)13/h5H,2-4H2,1H3/t5-/m0/s1. The molecule has 0 aromatic carbocycles. The van der Waals surface area contributed by atoms with Crippen molar-refractivity contribution >= 4 is 12.0 Å². The molecule has 1 heterocycles. The van der Waals surface area contributed by atoms with Crippen LogP contribution in [0.2, 0.25) is 0 Å². The molecule has 2 amide bonds. The minimum Gasteiger partial charge on any atom is -0.447 e. The Morgan fingerprint density at radius 3 is 3.07 bits per heavy atom. The highest BCUT2D eigenvalue weighted by Crippen LogP contribution is 2.08. The number of rotatable bonds is 3. The summed E-state index contributed by atoms with van der Waals surface area (Å²) in [7, 11) is 0. The van der Waals surface area contributed by atoms with Crippen LogP contribution in [0.5, 0.6) is 0 Å². The van der Waals surface area contributed by atoms with E-state index in [1.54, 1.807) is 6.92 Å². The van der Waals surface area contributed by atoms with Crippen molar-refractivity contribution in [2.75, 3.05) is 13.2 Å². The van der Waals surface area contributed by atoms with Crippen LogP contribution in [-0.2, 0) is 9.53 Å². The average molecular weight is 198 g/mol. The monoisotopic (exact) mass is 198 g/mol. The molecule has 0 aromatic rings. The van der Waals surface area contributed by atoms with Gasteiger partial charge in [-0.3, -0.25) is 4.79 Å². The van der Waals surface area contributed by atoms with E-state index in [9.17, 15) is 9.59 Å². The molecule has 0 saturated carbocycles. The van der Waals surface area contributed by atoms with Gasteiger partial charge in [0, 0.05) is 17.4 Å². The molecule has 0 bridgehead atoms. The molecular weight excluding hydrogens is 188 g/mol. The van der Waals surface area contributed by atoms with E-state index < -0.39 is 12.1 Å². The Kier molecular flexibility index (Phi) is 3.30. The van der Waals surface area contributed by atoms with Gasteiger partial charge in [-0.2, -0.15) is 0 Å². The molecule has 7 heteroatoms. The van der Waals surface area contributed by atoms with Crippen molar-refractivity contribution in [3.63, 3.8) is 0 Å². The van der Waals surface area contributed by atoms with Crippen molar-refractivity contribution in [1.29, 1.82) is 0 Å². The second-order valence-electron chi connectivity index (χ2n) is 2.92. The normalized spacial score (nSPS) is 17.2. The lowest BCUT2D eigenvalue weighted by atomic mass is 10.2. The van der Waals surface area contributed by atoms with Gasteiger partial charge in [-0.1, -0.05) is 12.0 Å². The lowest BCUT2D eigenvalue weighted by molar-refractivity contribution is -0.128. The van der Waals surface area contributed by atoms with Crippen LogP contribution in [0.25, 0.3) is 10.4 Å². The van der Waals surface area contributed by atoms with Crippen LogP contribution in [0.3, 0.4) is 0 Å². The fourth-order valence-corrected chi connectivity index (χ4v) is 1.11. The number of hydrogen-bond donors (Lipinski definition) is 0. The van der Waals surface area contributed by atoms with Crippen molar-refractivity contribution < 1.29 is 14.3 Å². The van der Waals surface area contributed by atoms with Crippen LogP contribution in [0, 0.1) is 0 Å². The fraction of sp³-hybridized carbons (Fsp3) is 0.714. The van der Waals surface area contributed by atoms with Crippen molar-refractivity contribution in [3.8, 4) is 0 Å². The molecule has 0 radical (unpaired) electrons. The number of imide groups is 1. The van der Waals surface area contributed by atoms with Crippen LogP contribution < -0.4 is 0 Å². The van der Waals surface area contributed by atoms with Crippen LogP contribution in [-0.4, -0.2) is 36.1 Å². The van der Waals surface area contributed by atoms with Crippen molar-refractivity contribution in [3.05, 3.63) is 10.4 Å². The maximum atomic E-state index is 11.4. The van der Waals surface area contributed by atoms with Crippen molar-refractivity contribution in [2.45, 2.75) is 19.4 Å². The Balaban J connectivity index is 2.49. The molecule has 0 unspecified atom stereocenters. The van der Waals surface area contributed by atoms with Gasteiger partial charge in [0.25, 0.3) is 0 Å². The Hall–Kier alpha value is -1.75. The third kappa shape index (κ3) is 2.37. The second-order valence-corrected chi connectivity index (χ2v) is 2.92. The minimum absolute atomic E-state index is 0.0269. The number of ether oxygens (including phenoxy) is 1. The van der Waals surface area contributed by atoms with Gasteiger partial charge < -0.3 is 4.74 Å². The lowest BCUT2D eigenvalue weighted by Gasteiger charge is -2.11. The highest BCUT2D eigenvalue weighted by Gasteiger charge is 2.28. The zero-order chi connectivity index (χ0) is 10.6. The highest BCUT2D eigenvalue weighted by atomic mass is 16.6. The second kappa shape index (κ2) is 4.48. The van der Waals surface area contributed by atoms with E-state index in [0.29, 0.717) is 0 Å². The Morgan fingerprint density at radius 1 is 1.86 bits per heavy atom. The summed E-state index contributed by atoms with van der Waals surface area (Å²) in [6, 6.07) is -0.444. The summed E-state index contributed by atoms with van der Waals surface area (Å²) in [5, 5.41) is 3.34. The number of hydrogen-bond acceptors (Lipinski definition) is 4. The first kappa shape index (κ1) is 10.3. The molecule has 1 fully saturated rings. The van der Waals surface area contributed by atoms with E-state index in [-0.39, 0.29) is 25.5 Å². The van der Waals surface area contributed by atoms with Gasteiger partial charge >= 0.3 is 6.09 Å². The fourth-order valence-electron chi connectivity index (χ4n) is 1.11. The quantitative estimate of drug-likeness (QED) is 0.385. The molecule has 0 aliphatic carbocycles. The van der Waals surface area contributed by atoms with Gasteiger partial charge in [-0.25, -0.2) is 9.69 Å². The molecule has 1 aliphatic rings. The first-order valence-corrected chi connectivity index (χ1v) is 4.16. The molecule has 0 spiro atoms. The molecular formula is C7H10N4O3. The lowest BCUT2D eigenvalue weighted by Crippen LogP contribution is -2.33. The summed E-state index contributed by atoms with van der Waals surface area (Å²) in [6.45, 7) is 2.13. The third-order valence-electron chi connectivity index (χ3n) is 1.78. The molecule has 1 atom stereocenters. The predicted octanol–water partition coefficient (Wildman–Crippen LogP) is 1.05. The maximum Gasteiger partial charge on any atom is 0.416 e. The summed E-state index contributed by atoms with van der Waals surface area (Å²) in [6.07, 6.45) is -0.595. The zero-order valence-corrected chi connectivity index (χ0v) is 7.71. The molecule has 1 saturated heterocycles. The van der Waals surface area contributed by atoms with Gasteiger partial charge in [-0.15, -0.1) is 0 Å². The smallest absolute Gasteiger partial charge is 0.416 e. The van der Waals surface area contributed by atoms with Crippen molar-refractivity contribution in [2.24, 2.45) is 5.11 Å². The summed E-state index contributed by atoms with van der Waals surface area (Å²) >= 11 is 0. The Bertz CT molecular complexity index is 297. The molecule has 76 valence electrons. The van der Waals surface area contributed by atoms with Gasteiger partial charge in [0.15, 0.2) is 0 Å². The van der Waals surface area contributed by atoms with E-state index in [1.807, 2.05) is 0 Å². The van der Waals surface area contributed by atoms with Gasteiger partial charge in [0.1, 0.15) is 6.61 Å². The first-order valence-electron chi connectivity index (χ1n) is 4.16. The largest absolute Gasteiger partial charge is 0.447 e. The van der Waals surface area contributed by atoms with E-state index in [2.05, 4.69) is 14.8 Å². The SMILES string of the molecule is C[C@@H](CC(=O)N1CCOC1=O)N=[N+]=[N-]. The molecule has 1 rings (SSSR count). The van der Waals surface area contributed by atoms with Crippen LogP contribution in [0.1, 0.15) is 13.3 Å². The van der Waals surface area contributed by atoms with E-state index in [1.165, 1.54) is 0 Å². The topological polar surface area (TPSA) is 95.4 Å². The number of carbonyl (C=O) groups is 2. The van der Waals surface area contributed by atoms with Crippen LogP contribution >= 0.6 is 0 Å². The summed E-state index contributed by atoms with van der Waals surface area (Å²) < 4.78 is 4.59. The third-order valence-corrected chi connectivity index (χ3v) is 1.78. The number of cyclic esters (lactones) is 1. The maximum absolute atomic E-state index is 11.4. The number of carbonyl (C=O) groups excluding carboxylic acids is 2. The first-order chi connectivity index (χ1) is 6.65. The molecule has 14 heavy (non-hydrogen) atoms. The van der Waals surface area contributed by atoms with Gasteiger partial charge in [-0.05, 0) is 5.53 Å². The molecule has 0 N–H and O–H groups in total. The van der Waals surface area contributed by atoms with Crippen LogP contribution in [0.4, 0.5) is 4.79 Å². The van der Waals surface area contributed by atoms with Gasteiger partial charge in [0.05, 0.1) is 6.54 Å². The summed E-state index contributed by atoms with van der Waals surface area (Å²) in [4.78, 5) is 25.9. The summed E-state index contributed by atoms with van der Waals surface area (Å²) in [5.74, 6) is -0.368. The van der Waals surface area contributed by atoms with Gasteiger partial charge in [0.2, 0.25) is 5.91 Å². The Morgan fingerprint density at radius 2 is 2.57 bits per heavy atom. The number of nitrogens with zero attached hydrogens (tertiary/aromatic N) is 4. The summed E-state index contributed by atoms with van der Waals surface area (Å²) in [5.41, 5.74) is 8.11. The molecule has 0 aromatic heterocycles. The molecule has 1 aliphatic heterocycles. The van der Waals surface area contributed by atoms with Crippen molar-refractivity contribution in [1.82, 2.24) is 4.90 Å². The van der Waals surface area contributed by atoms with E-state index in [0.717, 1.165) is 4.90 Å². The van der Waals surface area contributed by atoms with Crippen LogP contribution in [0.15, 0.2) is 5.11 Å². The van der Waals surface area contributed by atoms with E-state index in [4.69, 9.17) is 5.53 Å². The highest BCUT2D eigenvalue weighted by molar-refractivity contribution is 5.93.